The molecule has 41 heavy (non-hydrogen) atoms. The molecule has 1 aromatic heterocycles. The molecule has 1 nitrogen and oxygen atoms in total. The Labute approximate surface area is 248 Å². The second-order valence-electron chi connectivity index (χ2n) is 14.5. The van der Waals surface area contributed by atoms with E-state index in [1.54, 1.807) is 0 Å². The van der Waals surface area contributed by atoms with Crippen molar-refractivity contribution >= 4 is 18.0 Å². The number of benzene rings is 4. The Hall–Kier alpha value is -3.12. The van der Waals surface area contributed by atoms with Gasteiger partial charge < -0.3 is 5.11 Å². The topological polar surface area (TPSA) is 20.2 Å². The van der Waals surface area contributed by atoms with Crippen LogP contribution in [0.15, 0.2) is 97.1 Å². The van der Waals surface area contributed by atoms with Gasteiger partial charge in [0.2, 0.25) is 0 Å². The number of aliphatic hydroxyl groups is 1. The largest absolute Gasteiger partial charge is 0.384 e. The van der Waals surface area contributed by atoms with Crippen LogP contribution >= 0.6 is 7.53 Å². The fourth-order valence-corrected chi connectivity index (χ4v) is 9.46. The van der Waals surface area contributed by atoms with Crippen LogP contribution in [0.5, 0.6) is 0 Å². The molecule has 5 rings (SSSR count). The molecule has 2 unspecified atom stereocenters. The highest BCUT2D eigenvalue weighted by molar-refractivity contribution is 7.66. The van der Waals surface area contributed by atoms with Crippen LogP contribution in [0.25, 0.3) is 26.7 Å². The van der Waals surface area contributed by atoms with Gasteiger partial charge in [-0.25, -0.2) is 0 Å². The summed E-state index contributed by atoms with van der Waals surface area (Å²) in [5, 5.41) is 17.4. The predicted molar refractivity (Wildman–Crippen MR) is 180 cm³/mol. The Morgan fingerprint density at radius 3 is 1.59 bits per heavy atom. The summed E-state index contributed by atoms with van der Waals surface area (Å²) in [6.45, 7) is 21.1. The smallest absolute Gasteiger partial charge is 0.106 e. The third-order valence-corrected chi connectivity index (χ3v) is 10.9. The predicted octanol–water partition coefficient (Wildman–Crippen LogP) is 11.5. The standard InChI is InChI=1S/C39H45OP/c1-37(2,3)28-24-30(38(4,5)6)36(31(25-28)39(7,8)9)41-32-23-17-16-22-29(32)33(34(40)26-18-12-10-13-19-26)35(41)27-20-14-11-15-21-27/h10-25,34,40H,1-9H3. The molecule has 0 spiro atoms. The van der Waals surface area contributed by atoms with E-state index in [2.05, 4.69) is 129 Å². The second-order valence-corrected chi connectivity index (χ2v) is 16.5. The summed E-state index contributed by atoms with van der Waals surface area (Å²) in [5.41, 5.74) is 7.30. The van der Waals surface area contributed by atoms with Crippen LogP contribution in [0.3, 0.4) is 0 Å². The average molecular weight is 561 g/mol. The molecule has 0 aliphatic rings. The lowest BCUT2D eigenvalue weighted by Crippen LogP contribution is -2.22. The van der Waals surface area contributed by atoms with Crippen molar-refractivity contribution in [3.8, 4) is 16.2 Å². The zero-order valence-electron chi connectivity index (χ0n) is 26.2. The summed E-state index contributed by atoms with van der Waals surface area (Å²) in [5.74, 6) is 0. The first-order valence-electron chi connectivity index (χ1n) is 14.8. The molecule has 4 aromatic carbocycles. The molecule has 0 bridgehead atoms. The number of hydrogen-bond acceptors (Lipinski definition) is 1. The van der Waals surface area contributed by atoms with Gasteiger partial charge in [0.15, 0.2) is 0 Å². The highest BCUT2D eigenvalue weighted by Gasteiger charge is 2.34. The molecule has 2 atom stereocenters. The Morgan fingerprint density at radius 2 is 1.07 bits per heavy atom. The first-order valence-corrected chi connectivity index (χ1v) is 16.2. The van der Waals surface area contributed by atoms with Gasteiger partial charge in [0.25, 0.3) is 0 Å². The van der Waals surface area contributed by atoms with E-state index in [-0.39, 0.29) is 16.2 Å². The van der Waals surface area contributed by atoms with Gasteiger partial charge in [-0.2, -0.15) is 0 Å². The molecule has 0 amide bonds. The van der Waals surface area contributed by atoms with Gasteiger partial charge in [-0.1, -0.05) is 167 Å². The van der Waals surface area contributed by atoms with E-state index in [4.69, 9.17) is 0 Å². The summed E-state index contributed by atoms with van der Waals surface area (Å²) < 4.78 is 0. The van der Waals surface area contributed by atoms with E-state index in [9.17, 15) is 5.11 Å². The minimum atomic E-state index is -0.957. The monoisotopic (exact) mass is 560 g/mol. The number of aliphatic hydroxyl groups excluding tert-OH is 1. The molecule has 0 fully saturated rings. The molecular formula is C39H45OP. The number of rotatable bonds is 4. The molecule has 0 aliphatic heterocycles. The molecule has 1 heterocycles. The quantitative estimate of drug-likeness (QED) is 0.232. The molecule has 5 aromatic rings. The Morgan fingerprint density at radius 1 is 0.585 bits per heavy atom. The summed E-state index contributed by atoms with van der Waals surface area (Å²) in [6, 6.07) is 34.7. The van der Waals surface area contributed by atoms with Crippen LogP contribution in [0.2, 0.25) is 0 Å². The molecule has 0 saturated heterocycles. The van der Waals surface area contributed by atoms with Crippen molar-refractivity contribution in [1.29, 1.82) is 0 Å². The molecule has 212 valence electrons. The maximum absolute atomic E-state index is 12.1. The first-order chi connectivity index (χ1) is 19.2. The van der Waals surface area contributed by atoms with Gasteiger partial charge in [-0.3, -0.25) is 0 Å². The third-order valence-electron chi connectivity index (χ3n) is 8.17. The molecular weight excluding hydrogens is 515 g/mol. The van der Waals surface area contributed by atoms with Crippen molar-refractivity contribution in [1.82, 2.24) is 0 Å². The Balaban J connectivity index is 2.03. The summed E-state index contributed by atoms with van der Waals surface area (Å²) in [7, 11) is -0.957. The SMILES string of the molecule is CC(C)(C)c1cc(C(C)(C)C)c(-p2c(-c3ccccc3)c(C(O)c3ccccc3)c3ccccc32)c(C(C)(C)C)c1. The fraction of sp³-hybridized carbons (Fsp3) is 0.333. The first kappa shape index (κ1) is 29.4. The lowest BCUT2D eigenvalue weighted by atomic mass is 9.75. The van der Waals surface area contributed by atoms with Crippen molar-refractivity contribution in [2.24, 2.45) is 0 Å². The molecule has 0 radical (unpaired) electrons. The minimum absolute atomic E-state index is 0.0339. The highest BCUT2D eigenvalue weighted by atomic mass is 31.1. The van der Waals surface area contributed by atoms with Gasteiger partial charge in [0.1, 0.15) is 6.10 Å². The van der Waals surface area contributed by atoms with E-state index < -0.39 is 13.6 Å². The van der Waals surface area contributed by atoms with E-state index >= 15 is 0 Å². The maximum Gasteiger partial charge on any atom is 0.106 e. The fourth-order valence-electron chi connectivity index (χ4n) is 5.91. The molecule has 0 aliphatic carbocycles. The van der Waals surface area contributed by atoms with Crippen molar-refractivity contribution in [3.63, 3.8) is 0 Å². The lowest BCUT2D eigenvalue weighted by molar-refractivity contribution is 0.223. The van der Waals surface area contributed by atoms with Gasteiger partial charge in [-0.15, -0.1) is 0 Å². The van der Waals surface area contributed by atoms with Crippen molar-refractivity contribution in [2.75, 3.05) is 0 Å². The summed E-state index contributed by atoms with van der Waals surface area (Å²) in [4.78, 5) is 0. The summed E-state index contributed by atoms with van der Waals surface area (Å²) in [6.07, 6.45) is -0.718. The van der Waals surface area contributed by atoms with Gasteiger partial charge in [0.05, 0.1) is 0 Å². The van der Waals surface area contributed by atoms with E-state index in [0.717, 1.165) is 11.1 Å². The zero-order chi connectivity index (χ0) is 29.7. The van der Waals surface area contributed by atoms with Gasteiger partial charge in [0, 0.05) is 21.3 Å². The van der Waals surface area contributed by atoms with Gasteiger partial charge in [-0.05, 0) is 49.4 Å². The van der Waals surface area contributed by atoms with Crippen LogP contribution in [-0.4, -0.2) is 5.11 Å². The maximum atomic E-state index is 12.1. The van der Waals surface area contributed by atoms with Crippen molar-refractivity contribution in [2.45, 2.75) is 84.7 Å². The van der Waals surface area contributed by atoms with E-state index in [1.165, 1.54) is 43.4 Å². The van der Waals surface area contributed by atoms with E-state index in [0.29, 0.717) is 0 Å². The third kappa shape index (κ3) is 5.55. The minimum Gasteiger partial charge on any atom is -0.384 e. The van der Waals surface area contributed by atoms with Crippen molar-refractivity contribution in [3.05, 3.63) is 125 Å². The molecule has 2 heteroatoms. The van der Waals surface area contributed by atoms with Crippen LogP contribution in [0.4, 0.5) is 0 Å². The lowest BCUT2D eigenvalue weighted by Gasteiger charge is -2.34. The number of hydrogen-bond donors (Lipinski definition) is 1. The van der Waals surface area contributed by atoms with Crippen molar-refractivity contribution < 1.29 is 5.11 Å². The van der Waals surface area contributed by atoms with Crippen LogP contribution in [0.1, 0.15) is 96.2 Å². The Bertz CT molecular complexity index is 1630. The average Bonchev–Trinajstić information content (AvgIpc) is 3.26. The number of fused-ring (bicyclic) bond motifs is 1. The van der Waals surface area contributed by atoms with Crippen LogP contribution in [0, 0.1) is 0 Å². The van der Waals surface area contributed by atoms with Crippen LogP contribution < -0.4 is 0 Å². The molecule has 1 N–H and O–H groups in total. The Kier molecular flexibility index (Phi) is 7.60. The normalized spacial score (nSPS) is 14.0. The second kappa shape index (κ2) is 10.6. The van der Waals surface area contributed by atoms with Crippen LogP contribution in [-0.2, 0) is 16.2 Å². The highest BCUT2D eigenvalue weighted by Crippen LogP contribution is 2.64. The summed E-state index contributed by atoms with van der Waals surface area (Å²) >= 11 is 0. The van der Waals surface area contributed by atoms with E-state index in [1.807, 2.05) is 30.3 Å². The molecule has 0 saturated carbocycles. The van der Waals surface area contributed by atoms with Gasteiger partial charge >= 0.3 is 0 Å². The zero-order valence-corrected chi connectivity index (χ0v) is 27.1.